The summed E-state index contributed by atoms with van der Waals surface area (Å²) in [5.74, 6) is 0.369. The van der Waals surface area contributed by atoms with Gasteiger partial charge in [0.25, 0.3) is 0 Å². The van der Waals surface area contributed by atoms with Gasteiger partial charge in [-0.3, -0.25) is 0 Å². The van der Waals surface area contributed by atoms with Crippen LogP contribution in [-0.2, 0) is 26.8 Å². The second-order valence-electron chi connectivity index (χ2n) is 11.4. The van der Waals surface area contributed by atoms with E-state index in [1.165, 1.54) is 9.87 Å². The number of carbonyl (C=O) groups excluding carboxylic acids is 1. The summed E-state index contributed by atoms with van der Waals surface area (Å²) in [6.45, 7) is 6.11. The van der Waals surface area contributed by atoms with Crippen LogP contribution in [0.15, 0.2) is 95.9 Å². The van der Waals surface area contributed by atoms with E-state index in [2.05, 4.69) is 17.0 Å². The second kappa shape index (κ2) is 12.8. The second-order valence-corrected chi connectivity index (χ2v) is 13.4. The van der Waals surface area contributed by atoms with Gasteiger partial charge in [0.05, 0.1) is 4.90 Å². The number of hydrogen-bond donors (Lipinski definition) is 0. The maximum atomic E-state index is 13.3. The highest BCUT2D eigenvalue weighted by Gasteiger charge is 2.56. The topological polar surface area (TPSA) is 70.2 Å². The van der Waals surface area contributed by atoms with Crippen LogP contribution in [0.1, 0.15) is 37.3 Å². The Balaban J connectivity index is 1.19. The molecule has 5 rings (SSSR count). The van der Waals surface area contributed by atoms with E-state index in [-0.39, 0.29) is 24.2 Å². The van der Waals surface area contributed by atoms with E-state index in [1.807, 2.05) is 66.4 Å². The summed E-state index contributed by atoms with van der Waals surface area (Å²) in [4.78, 5) is 17.6. The largest absolute Gasteiger partial charge is 0.445 e. The first kappa shape index (κ1) is 29.3. The predicted octanol–water partition coefficient (Wildman–Crippen LogP) is 5.39. The molecule has 1 amide bonds. The minimum atomic E-state index is -3.58. The molecule has 218 valence electrons. The van der Waals surface area contributed by atoms with Crippen molar-refractivity contribution in [1.82, 2.24) is 14.1 Å². The van der Waals surface area contributed by atoms with Gasteiger partial charge in [-0.25, -0.2) is 17.5 Å². The summed E-state index contributed by atoms with van der Waals surface area (Å²) >= 11 is 0. The number of carbonyl (C=O) groups is 1. The quantitative estimate of drug-likeness (QED) is 0.307. The van der Waals surface area contributed by atoms with Crippen molar-refractivity contribution in [2.75, 3.05) is 39.8 Å². The number of piperidine rings is 1. The highest BCUT2D eigenvalue weighted by Crippen LogP contribution is 2.55. The van der Waals surface area contributed by atoms with Gasteiger partial charge in [0, 0.05) is 51.2 Å². The van der Waals surface area contributed by atoms with E-state index in [1.54, 1.807) is 31.3 Å². The average molecular weight is 576 g/mol. The summed E-state index contributed by atoms with van der Waals surface area (Å²) in [6.07, 6.45) is 2.52. The number of likely N-dealkylation sites (tertiary alicyclic amines) is 1. The molecule has 0 unspecified atom stereocenters. The molecule has 41 heavy (non-hydrogen) atoms. The van der Waals surface area contributed by atoms with Crippen molar-refractivity contribution < 1.29 is 17.9 Å². The summed E-state index contributed by atoms with van der Waals surface area (Å²) < 4.78 is 33.9. The number of benzene rings is 3. The molecule has 2 fully saturated rings. The number of rotatable bonds is 11. The molecule has 0 spiro atoms. The molecule has 1 aliphatic carbocycles. The Morgan fingerprint density at radius 3 is 2.12 bits per heavy atom. The molecule has 0 aromatic heterocycles. The number of ether oxygens (including phenoxy) is 1. The van der Waals surface area contributed by atoms with Gasteiger partial charge >= 0.3 is 6.09 Å². The molecular formula is C33H41N3O4S. The minimum Gasteiger partial charge on any atom is -0.445 e. The molecule has 3 aromatic carbocycles. The van der Waals surface area contributed by atoms with E-state index in [0.29, 0.717) is 23.9 Å². The van der Waals surface area contributed by atoms with E-state index in [9.17, 15) is 13.2 Å². The molecular weight excluding hydrogens is 534 g/mol. The first-order valence-corrected chi connectivity index (χ1v) is 16.0. The Bertz CT molecular complexity index is 1380. The number of likely N-dealkylation sites (N-methyl/N-ethyl adjacent to an activating group) is 1. The monoisotopic (exact) mass is 575 g/mol. The molecule has 2 aliphatic rings. The smallest absolute Gasteiger partial charge is 0.410 e. The van der Waals surface area contributed by atoms with Gasteiger partial charge in [0.2, 0.25) is 10.0 Å². The van der Waals surface area contributed by atoms with Crippen LogP contribution < -0.4 is 0 Å². The van der Waals surface area contributed by atoms with Crippen molar-refractivity contribution in [2.45, 2.75) is 49.1 Å². The fourth-order valence-corrected chi connectivity index (χ4v) is 7.61. The van der Waals surface area contributed by atoms with Crippen LogP contribution >= 0.6 is 0 Å². The van der Waals surface area contributed by atoms with Gasteiger partial charge in [-0.05, 0) is 55.4 Å². The molecule has 1 saturated heterocycles. The maximum absolute atomic E-state index is 13.3. The molecule has 7 nitrogen and oxygen atoms in total. The first-order chi connectivity index (χ1) is 19.8. The Kier molecular flexibility index (Phi) is 9.12. The lowest BCUT2D eigenvalue weighted by molar-refractivity contribution is 0.0620. The molecule has 3 aromatic rings. The Morgan fingerprint density at radius 1 is 0.927 bits per heavy atom. The lowest BCUT2D eigenvalue weighted by Gasteiger charge is -2.38. The molecule has 0 bridgehead atoms. The van der Waals surface area contributed by atoms with Gasteiger partial charge in [0.15, 0.2) is 0 Å². The summed E-state index contributed by atoms with van der Waals surface area (Å²) in [7, 11) is -1.88. The van der Waals surface area contributed by atoms with Gasteiger partial charge in [-0.1, -0.05) is 78.9 Å². The van der Waals surface area contributed by atoms with Crippen molar-refractivity contribution in [2.24, 2.45) is 5.92 Å². The van der Waals surface area contributed by atoms with Crippen molar-refractivity contribution in [1.29, 1.82) is 0 Å². The Morgan fingerprint density at radius 2 is 1.51 bits per heavy atom. The number of sulfonamides is 1. The fraction of sp³-hybridized carbons (Fsp3) is 0.424. The fourth-order valence-electron chi connectivity index (χ4n) is 6.35. The summed E-state index contributed by atoms with van der Waals surface area (Å²) in [5, 5.41) is 0. The van der Waals surface area contributed by atoms with Crippen molar-refractivity contribution >= 4 is 16.1 Å². The number of hydrogen-bond acceptors (Lipinski definition) is 5. The third-order valence-electron chi connectivity index (χ3n) is 8.79. The van der Waals surface area contributed by atoms with Gasteiger partial charge in [0.1, 0.15) is 6.61 Å². The molecule has 1 saturated carbocycles. The van der Waals surface area contributed by atoms with Gasteiger partial charge in [-0.15, -0.1) is 0 Å². The minimum absolute atomic E-state index is 0.166. The number of nitrogens with zero attached hydrogens (tertiary/aromatic N) is 3. The van der Waals surface area contributed by atoms with Gasteiger partial charge < -0.3 is 14.5 Å². The first-order valence-electron chi connectivity index (χ1n) is 14.6. The Hall–Kier alpha value is -3.20. The van der Waals surface area contributed by atoms with Gasteiger partial charge in [-0.2, -0.15) is 0 Å². The molecule has 1 heterocycles. The normalized spacial score (nSPS) is 21.5. The Labute approximate surface area is 244 Å². The van der Waals surface area contributed by atoms with Crippen LogP contribution in [0.5, 0.6) is 0 Å². The van der Waals surface area contributed by atoms with Crippen molar-refractivity contribution in [3.63, 3.8) is 0 Å². The molecule has 2 atom stereocenters. The zero-order valence-electron chi connectivity index (χ0n) is 24.1. The van der Waals surface area contributed by atoms with E-state index in [4.69, 9.17) is 4.74 Å². The highest BCUT2D eigenvalue weighted by atomic mass is 32.2. The van der Waals surface area contributed by atoms with Crippen LogP contribution in [0.25, 0.3) is 0 Å². The van der Waals surface area contributed by atoms with E-state index >= 15 is 0 Å². The average Bonchev–Trinajstić information content (AvgIpc) is 3.71. The highest BCUT2D eigenvalue weighted by molar-refractivity contribution is 7.89. The summed E-state index contributed by atoms with van der Waals surface area (Å²) in [5.41, 5.74) is 1.99. The van der Waals surface area contributed by atoms with Crippen molar-refractivity contribution in [3.05, 3.63) is 102 Å². The molecule has 0 N–H and O–H groups in total. The predicted molar refractivity (Wildman–Crippen MR) is 161 cm³/mol. The zero-order chi connectivity index (χ0) is 28.9. The van der Waals surface area contributed by atoms with Crippen LogP contribution in [0, 0.1) is 5.92 Å². The van der Waals surface area contributed by atoms with E-state index in [0.717, 1.165) is 44.5 Å². The molecule has 0 radical (unpaired) electrons. The van der Waals surface area contributed by atoms with Crippen molar-refractivity contribution in [3.8, 4) is 0 Å². The zero-order valence-corrected chi connectivity index (χ0v) is 24.9. The van der Waals surface area contributed by atoms with Crippen LogP contribution in [0.4, 0.5) is 4.79 Å². The van der Waals surface area contributed by atoms with E-state index < -0.39 is 10.0 Å². The third-order valence-corrected chi connectivity index (χ3v) is 10.6. The molecule has 1 aliphatic heterocycles. The lowest BCUT2D eigenvalue weighted by atomic mass is 9.92. The standard InChI is InChI=1S/C33H41N3O4S/c1-3-36(32(37)40-25-27-13-7-4-8-14-27)30-19-21-35(22-20-30)24-29-23-33(29,28-15-9-5-10-16-28)26-34(2)41(38,39)31-17-11-6-12-18-31/h4-18,29-30H,3,19-26H2,1-2H3/t29-,33-/m1/s1. The maximum Gasteiger partial charge on any atom is 0.410 e. The SMILES string of the molecule is CCN(C(=O)OCc1ccccc1)C1CCN(C[C@H]2C[C@@]2(CN(C)S(=O)(=O)c2ccccc2)c2ccccc2)CC1. The van der Waals surface area contributed by atoms with Crippen LogP contribution in [0.3, 0.4) is 0 Å². The third kappa shape index (κ3) is 6.66. The molecule has 8 heteroatoms. The van der Waals surface area contributed by atoms with Crippen LogP contribution in [-0.4, -0.2) is 74.4 Å². The number of amides is 1. The lowest BCUT2D eigenvalue weighted by Crippen LogP contribution is -2.48. The summed E-state index contributed by atoms with van der Waals surface area (Å²) in [6, 6.07) is 29.0. The van der Waals surface area contributed by atoms with Crippen LogP contribution in [0.2, 0.25) is 0 Å².